The molecule has 1 saturated carbocycles. The highest BCUT2D eigenvalue weighted by Crippen LogP contribution is 2.30. The van der Waals surface area contributed by atoms with Gasteiger partial charge >= 0.3 is 0 Å². The van der Waals surface area contributed by atoms with Crippen LogP contribution in [0.2, 0.25) is 0 Å². The van der Waals surface area contributed by atoms with E-state index in [2.05, 4.69) is 32.7 Å². The minimum Gasteiger partial charge on any atom is -0.353 e. The van der Waals surface area contributed by atoms with Gasteiger partial charge in [0, 0.05) is 36.1 Å². The van der Waals surface area contributed by atoms with Crippen molar-refractivity contribution in [2.75, 3.05) is 18.8 Å². The number of nitrogens with one attached hydrogen (secondary N) is 1. The summed E-state index contributed by atoms with van der Waals surface area (Å²) in [5.74, 6) is 0.580. The molecule has 0 unspecified atom stereocenters. The van der Waals surface area contributed by atoms with Gasteiger partial charge in [-0.1, -0.05) is 42.1 Å². The van der Waals surface area contributed by atoms with Gasteiger partial charge in [0.1, 0.15) is 0 Å². The van der Waals surface area contributed by atoms with Crippen LogP contribution in [0.3, 0.4) is 0 Å². The summed E-state index contributed by atoms with van der Waals surface area (Å²) in [7, 11) is 0. The molecule has 0 bridgehead atoms. The molecule has 1 saturated heterocycles. The Morgan fingerprint density at radius 3 is 2.68 bits per heavy atom. The zero-order valence-corrected chi connectivity index (χ0v) is 15.8. The zero-order chi connectivity index (χ0) is 17.1. The van der Waals surface area contributed by atoms with Gasteiger partial charge in [0.15, 0.2) is 4.34 Å². The lowest BCUT2D eigenvalue weighted by Gasteiger charge is -2.32. The number of carbonyl (C=O) groups excluding carboxylic acids is 1. The standard InChI is InChI=1S/C19H23N3OS2/c23-18(20-15-8-10-22(11-9-15)16-6-7-16)13-25-19-21-17(12-24-19)14-4-2-1-3-5-14/h1-5,12,15-16H,6-11,13H2,(H,20,23). The van der Waals surface area contributed by atoms with Crippen LogP contribution in [0.5, 0.6) is 0 Å². The molecule has 25 heavy (non-hydrogen) atoms. The van der Waals surface area contributed by atoms with Crippen LogP contribution in [0.1, 0.15) is 25.7 Å². The number of amides is 1. The van der Waals surface area contributed by atoms with Crippen molar-refractivity contribution in [3.05, 3.63) is 35.7 Å². The maximum absolute atomic E-state index is 12.2. The smallest absolute Gasteiger partial charge is 0.230 e. The third-order valence-electron chi connectivity index (χ3n) is 4.84. The normalized spacial score (nSPS) is 19.0. The number of thioether (sulfide) groups is 1. The largest absolute Gasteiger partial charge is 0.353 e. The average molecular weight is 374 g/mol. The molecule has 2 aromatic rings. The summed E-state index contributed by atoms with van der Waals surface area (Å²) in [6.45, 7) is 2.27. The Balaban J connectivity index is 1.22. The van der Waals surface area contributed by atoms with Crippen molar-refractivity contribution in [3.63, 3.8) is 0 Å². The molecule has 6 heteroatoms. The van der Waals surface area contributed by atoms with Crippen LogP contribution >= 0.6 is 23.1 Å². The first-order valence-corrected chi connectivity index (χ1v) is 10.8. The topological polar surface area (TPSA) is 45.2 Å². The van der Waals surface area contributed by atoms with Crippen LogP contribution in [-0.4, -0.2) is 46.7 Å². The van der Waals surface area contributed by atoms with Gasteiger partial charge in [-0.25, -0.2) is 4.98 Å². The van der Waals surface area contributed by atoms with Crippen molar-refractivity contribution < 1.29 is 4.79 Å². The van der Waals surface area contributed by atoms with E-state index in [0.717, 1.165) is 47.6 Å². The molecule has 1 aliphatic carbocycles. The lowest BCUT2D eigenvalue weighted by atomic mass is 10.1. The predicted molar refractivity (Wildman–Crippen MR) is 104 cm³/mol. The summed E-state index contributed by atoms with van der Waals surface area (Å²) in [5, 5.41) is 5.26. The predicted octanol–water partition coefficient (Wildman–Crippen LogP) is 3.65. The van der Waals surface area contributed by atoms with Gasteiger partial charge in [0.25, 0.3) is 0 Å². The summed E-state index contributed by atoms with van der Waals surface area (Å²) in [4.78, 5) is 19.4. The highest BCUT2D eigenvalue weighted by atomic mass is 32.2. The van der Waals surface area contributed by atoms with Crippen LogP contribution in [0.25, 0.3) is 11.3 Å². The molecule has 2 aliphatic rings. The van der Waals surface area contributed by atoms with Gasteiger partial charge in [0.2, 0.25) is 5.91 Å². The maximum Gasteiger partial charge on any atom is 0.230 e. The number of rotatable bonds is 6. The van der Waals surface area contributed by atoms with Crippen LogP contribution in [-0.2, 0) is 4.79 Å². The Morgan fingerprint density at radius 2 is 1.96 bits per heavy atom. The number of likely N-dealkylation sites (tertiary alicyclic amines) is 1. The number of carbonyl (C=O) groups is 1. The molecule has 2 heterocycles. The number of benzene rings is 1. The second-order valence-electron chi connectivity index (χ2n) is 6.76. The zero-order valence-electron chi connectivity index (χ0n) is 14.2. The Labute approximate surface area is 157 Å². The number of thiazole rings is 1. The summed E-state index contributed by atoms with van der Waals surface area (Å²) >= 11 is 3.14. The SMILES string of the molecule is O=C(CSc1nc(-c2ccccc2)cs1)NC1CCN(C2CC2)CC1. The van der Waals surface area contributed by atoms with Gasteiger partial charge in [-0.2, -0.15) is 0 Å². The molecule has 0 atom stereocenters. The lowest BCUT2D eigenvalue weighted by Crippen LogP contribution is -2.45. The van der Waals surface area contributed by atoms with E-state index in [1.807, 2.05) is 18.2 Å². The summed E-state index contributed by atoms with van der Waals surface area (Å²) in [5.41, 5.74) is 2.11. The second kappa shape index (κ2) is 7.89. The molecule has 1 aromatic heterocycles. The third-order valence-corrected chi connectivity index (χ3v) is 6.86. The van der Waals surface area contributed by atoms with E-state index in [4.69, 9.17) is 0 Å². The minimum absolute atomic E-state index is 0.131. The minimum atomic E-state index is 0.131. The summed E-state index contributed by atoms with van der Waals surface area (Å²) in [6.07, 6.45) is 4.91. The van der Waals surface area contributed by atoms with Crippen molar-refractivity contribution in [1.82, 2.24) is 15.2 Å². The maximum atomic E-state index is 12.2. The number of hydrogen-bond acceptors (Lipinski definition) is 5. The molecule has 4 rings (SSSR count). The lowest BCUT2D eigenvalue weighted by molar-refractivity contribution is -0.119. The van der Waals surface area contributed by atoms with E-state index in [9.17, 15) is 4.79 Å². The number of nitrogens with zero attached hydrogens (tertiary/aromatic N) is 2. The van der Waals surface area contributed by atoms with E-state index in [1.165, 1.54) is 24.6 Å². The molecule has 4 nitrogen and oxygen atoms in total. The Kier molecular flexibility index (Phi) is 5.39. The Bertz CT molecular complexity index is 706. The molecular formula is C19H23N3OS2. The molecule has 132 valence electrons. The number of piperidine rings is 1. The molecule has 1 amide bonds. The number of hydrogen-bond donors (Lipinski definition) is 1. The van der Waals surface area contributed by atoms with E-state index in [0.29, 0.717) is 11.8 Å². The monoisotopic (exact) mass is 373 g/mol. The molecule has 1 N–H and O–H groups in total. The van der Waals surface area contributed by atoms with Crippen LogP contribution in [0.4, 0.5) is 0 Å². The fraction of sp³-hybridized carbons (Fsp3) is 0.474. The van der Waals surface area contributed by atoms with Crippen LogP contribution < -0.4 is 5.32 Å². The molecule has 0 spiro atoms. The van der Waals surface area contributed by atoms with E-state index < -0.39 is 0 Å². The van der Waals surface area contributed by atoms with E-state index >= 15 is 0 Å². The Hall–Kier alpha value is -1.37. The highest BCUT2D eigenvalue weighted by Gasteiger charge is 2.32. The Morgan fingerprint density at radius 1 is 1.20 bits per heavy atom. The fourth-order valence-corrected chi connectivity index (χ4v) is 4.96. The van der Waals surface area contributed by atoms with E-state index in [1.54, 1.807) is 11.3 Å². The van der Waals surface area contributed by atoms with Gasteiger partial charge in [-0.15, -0.1) is 11.3 Å². The molecule has 0 radical (unpaired) electrons. The van der Waals surface area contributed by atoms with E-state index in [-0.39, 0.29) is 5.91 Å². The molecule has 1 aromatic carbocycles. The molecular weight excluding hydrogens is 350 g/mol. The van der Waals surface area contributed by atoms with Crippen molar-refractivity contribution >= 4 is 29.0 Å². The van der Waals surface area contributed by atoms with Gasteiger partial charge < -0.3 is 10.2 Å². The van der Waals surface area contributed by atoms with Crippen molar-refractivity contribution in [1.29, 1.82) is 0 Å². The first-order chi connectivity index (χ1) is 12.3. The first kappa shape index (κ1) is 17.1. The second-order valence-corrected chi connectivity index (χ2v) is 8.84. The fourth-order valence-electron chi connectivity index (χ4n) is 3.31. The first-order valence-electron chi connectivity index (χ1n) is 8.95. The summed E-state index contributed by atoms with van der Waals surface area (Å²) in [6, 6.07) is 11.3. The molecule has 1 aliphatic heterocycles. The van der Waals surface area contributed by atoms with Crippen LogP contribution in [0, 0.1) is 0 Å². The van der Waals surface area contributed by atoms with Crippen molar-refractivity contribution in [2.24, 2.45) is 0 Å². The van der Waals surface area contributed by atoms with Crippen molar-refractivity contribution in [2.45, 2.75) is 42.1 Å². The van der Waals surface area contributed by atoms with Gasteiger partial charge in [-0.3, -0.25) is 4.79 Å². The number of aromatic nitrogens is 1. The molecule has 2 fully saturated rings. The van der Waals surface area contributed by atoms with Gasteiger partial charge in [0.05, 0.1) is 11.4 Å². The van der Waals surface area contributed by atoms with Gasteiger partial charge in [-0.05, 0) is 25.7 Å². The summed E-state index contributed by atoms with van der Waals surface area (Å²) < 4.78 is 0.956. The highest BCUT2D eigenvalue weighted by molar-refractivity contribution is 8.01. The van der Waals surface area contributed by atoms with Crippen molar-refractivity contribution in [3.8, 4) is 11.3 Å². The third kappa shape index (κ3) is 4.63. The quantitative estimate of drug-likeness (QED) is 0.785. The van der Waals surface area contributed by atoms with Crippen LogP contribution in [0.15, 0.2) is 40.1 Å². The average Bonchev–Trinajstić information content (AvgIpc) is 3.39.